The van der Waals surface area contributed by atoms with E-state index in [0.717, 1.165) is 92.3 Å². The van der Waals surface area contributed by atoms with Gasteiger partial charge in [0.2, 0.25) is 0 Å². The summed E-state index contributed by atoms with van der Waals surface area (Å²) in [7, 11) is 0. The van der Waals surface area contributed by atoms with Crippen LogP contribution in [0.2, 0.25) is 0 Å². The van der Waals surface area contributed by atoms with Crippen molar-refractivity contribution in [2.45, 2.75) is 51.9 Å². The number of aromatic nitrogens is 1. The Morgan fingerprint density at radius 3 is 2.77 bits per heavy atom. The van der Waals surface area contributed by atoms with E-state index in [-0.39, 0.29) is 4.94 Å². The molecule has 2 aromatic carbocycles. The number of benzene rings is 2. The Hall–Kier alpha value is -3.04. The summed E-state index contributed by atoms with van der Waals surface area (Å²) in [6, 6.07) is 18.3. The fourth-order valence-electron chi connectivity index (χ4n) is 5.15. The maximum atomic E-state index is 11.5. The Morgan fingerprint density at radius 1 is 1.07 bits per heavy atom. The first-order chi connectivity index (χ1) is 19.6. The normalized spacial score (nSPS) is 14.8. The Balaban J connectivity index is 1.06. The van der Waals surface area contributed by atoms with Crippen LogP contribution >= 0.6 is 11.3 Å². The van der Waals surface area contributed by atoms with E-state index in [9.17, 15) is 4.79 Å². The minimum atomic E-state index is -0.278. The van der Waals surface area contributed by atoms with Crippen molar-refractivity contribution in [1.82, 2.24) is 14.8 Å². The van der Waals surface area contributed by atoms with Crippen LogP contribution in [0.4, 0.5) is 0 Å². The van der Waals surface area contributed by atoms with Gasteiger partial charge in [0.1, 0.15) is 5.75 Å². The number of hydrogen-bond acceptors (Lipinski definition) is 8. The molecule has 1 saturated heterocycles. The van der Waals surface area contributed by atoms with E-state index in [4.69, 9.17) is 13.9 Å². The van der Waals surface area contributed by atoms with Crippen molar-refractivity contribution in [3.63, 3.8) is 0 Å². The number of unbranched alkanes of at least 4 members (excludes halogenated alkanes) is 1. The van der Waals surface area contributed by atoms with Gasteiger partial charge in [0.25, 0.3) is 0 Å². The first kappa shape index (κ1) is 28.5. The van der Waals surface area contributed by atoms with Crippen molar-refractivity contribution in [1.29, 1.82) is 0 Å². The molecule has 212 valence electrons. The number of rotatable bonds is 14. The van der Waals surface area contributed by atoms with Gasteiger partial charge < -0.3 is 18.8 Å². The molecule has 0 bridgehead atoms. The van der Waals surface area contributed by atoms with Gasteiger partial charge in [-0.1, -0.05) is 41.7 Å². The number of ether oxygens (including phenoxy) is 2. The monoisotopic (exact) mass is 561 g/mol. The molecule has 1 aliphatic heterocycles. The van der Waals surface area contributed by atoms with Crippen molar-refractivity contribution in [3.05, 3.63) is 93.4 Å². The predicted octanol–water partition coefficient (Wildman–Crippen LogP) is 5.90. The van der Waals surface area contributed by atoms with Crippen LogP contribution in [0.15, 0.2) is 76.2 Å². The average Bonchev–Trinajstić information content (AvgIpc) is 3.36. The van der Waals surface area contributed by atoms with E-state index in [2.05, 4.69) is 52.0 Å². The number of piperidine rings is 1. The molecule has 1 aliphatic rings. The fraction of sp³-hybridized carbons (Fsp3) is 0.438. The molecular weight excluding hydrogens is 522 g/mol. The second kappa shape index (κ2) is 14.6. The molecule has 3 heterocycles. The van der Waals surface area contributed by atoms with Crippen molar-refractivity contribution < 1.29 is 13.9 Å². The van der Waals surface area contributed by atoms with Crippen molar-refractivity contribution in [2.24, 2.45) is 0 Å². The quantitative estimate of drug-likeness (QED) is 0.178. The van der Waals surface area contributed by atoms with Crippen LogP contribution in [0.3, 0.4) is 0 Å². The van der Waals surface area contributed by atoms with Crippen LogP contribution in [0.25, 0.3) is 10.3 Å². The number of nitrogens with zero attached hydrogens (tertiary/aromatic N) is 3. The highest BCUT2D eigenvalue weighted by molar-refractivity contribution is 7.16. The summed E-state index contributed by atoms with van der Waals surface area (Å²) < 4.78 is 18.2. The standard InChI is InChI=1S/C32H39N3O4S/c1-25-7-2-3-9-27(25)23-35(15-4-5-20-37-29-10-11-31-30(21-29)39-32(36)40-31)19-18-34-16-12-28(13-17-34)38-24-26-8-6-14-33-22-26/h2-3,6-11,14,21-22,28H,4-5,12-13,15-20,23-24H2,1H3. The molecule has 0 aliphatic carbocycles. The summed E-state index contributed by atoms with van der Waals surface area (Å²) in [5.74, 6) is 0.749. The predicted molar refractivity (Wildman–Crippen MR) is 160 cm³/mol. The highest BCUT2D eigenvalue weighted by Gasteiger charge is 2.20. The minimum Gasteiger partial charge on any atom is -0.493 e. The van der Waals surface area contributed by atoms with Crippen molar-refractivity contribution >= 4 is 21.6 Å². The lowest BCUT2D eigenvalue weighted by atomic mass is 10.1. The number of pyridine rings is 1. The molecule has 0 unspecified atom stereocenters. The second-order valence-corrected chi connectivity index (χ2v) is 11.5. The van der Waals surface area contributed by atoms with E-state index >= 15 is 0 Å². The fourth-order valence-corrected chi connectivity index (χ4v) is 5.80. The summed E-state index contributed by atoms with van der Waals surface area (Å²) >= 11 is 1.12. The third-order valence-corrected chi connectivity index (χ3v) is 8.38. The zero-order valence-electron chi connectivity index (χ0n) is 23.3. The summed E-state index contributed by atoms with van der Waals surface area (Å²) in [4.78, 5) is 20.5. The number of fused-ring (bicyclic) bond motifs is 1. The van der Waals surface area contributed by atoms with Crippen LogP contribution in [0.1, 0.15) is 42.4 Å². The molecule has 0 atom stereocenters. The van der Waals surface area contributed by atoms with Crippen LogP contribution in [0.5, 0.6) is 5.75 Å². The van der Waals surface area contributed by atoms with E-state index in [1.165, 1.54) is 11.1 Å². The van der Waals surface area contributed by atoms with Gasteiger partial charge in [0, 0.05) is 51.2 Å². The Labute approximate surface area is 240 Å². The lowest BCUT2D eigenvalue weighted by molar-refractivity contribution is -0.00404. The number of likely N-dealkylation sites (tertiary alicyclic amines) is 1. The molecule has 0 N–H and O–H groups in total. The lowest BCUT2D eigenvalue weighted by Crippen LogP contribution is -2.41. The van der Waals surface area contributed by atoms with Crippen LogP contribution in [-0.4, -0.2) is 60.2 Å². The van der Waals surface area contributed by atoms with Crippen LogP contribution in [-0.2, 0) is 17.9 Å². The topological polar surface area (TPSA) is 68.0 Å². The molecule has 0 saturated carbocycles. The summed E-state index contributed by atoms with van der Waals surface area (Å²) in [5, 5.41) is 0. The zero-order chi connectivity index (χ0) is 27.6. The first-order valence-corrected chi connectivity index (χ1v) is 15.1. The maximum absolute atomic E-state index is 11.5. The van der Waals surface area contributed by atoms with Gasteiger partial charge >= 0.3 is 4.94 Å². The summed E-state index contributed by atoms with van der Waals surface area (Å²) in [6.07, 6.45) is 8.20. The Morgan fingerprint density at radius 2 is 1.95 bits per heavy atom. The first-order valence-electron chi connectivity index (χ1n) is 14.3. The molecule has 0 radical (unpaired) electrons. The van der Waals surface area contributed by atoms with E-state index in [0.29, 0.717) is 24.9 Å². The van der Waals surface area contributed by atoms with Crippen molar-refractivity contribution in [2.75, 3.05) is 39.3 Å². The van der Waals surface area contributed by atoms with E-state index in [1.807, 2.05) is 30.5 Å². The highest BCUT2D eigenvalue weighted by Crippen LogP contribution is 2.23. The minimum absolute atomic E-state index is 0.278. The molecule has 7 nitrogen and oxygen atoms in total. The number of aryl methyl sites for hydroxylation is 1. The third-order valence-electron chi connectivity index (χ3n) is 7.57. The van der Waals surface area contributed by atoms with Crippen LogP contribution < -0.4 is 9.68 Å². The largest absolute Gasteiger partial charge is 0.493 e. The molecule has 0 amide bonds. The smallest absolute Gasteiger partial charge is 0.396 e. The molecule has 0 spiro atoms. The molecule has 5 rings (SSSR count). The average molecular weight is 562 g/mol. The van der Waals surface area contributed by atoms with E-state index in [1.54, 1.807) is 6.20 Å². The van der Waals surface area contributed by atoms with Gasteiger partial charge in [0.05, 0.1) is 24.0 Å². The van der Waals surface area contributed by atoms with Gasteiger partial charge in [-0.3, -0.25) is 9.88 Å². The maximum Gasteiger partial charge on any atom is 0.396 e. The SMILES string of the molecule is Cc1ccccc1CN(CCCCOc1ccc2sc(=O)oc2c1)CCN1CCC(OCc2cccnc2)CC1. The Kier molecular flexibility index (Phi) is 10.4. The van der Waals surface area contributed by atoms with Crippen molar-refractivity contribution in [3.8, 4) is 5.75 Å². The summed E-state index contributed by atoms with van der Waals surface area (Å²) in [6.45, 7) is 9.76. The molecule has 2 aromatic heterocycles. The summed E-state index contributed by atoms with van der Waals surface area (Å²) in [5.41, 5.74) is 4.48. The molecule has 4 aromatic rings. The second-order valence-electron chi connectivity index (χ2n) is 10.5. The van der Waals surface area contributed by atoms with Gasteiger partial charge in [-0.2, -0.15) is 0 Å². The van der Waals surface area contributed by atoms with Gasteiger partial charge in [-0.15, -0.1) is 0 Å². The zero-order valence-corrected chi connectivity index (χ0v) is 24.1. The Bertz CT molecular complexity index is 1380. The third kappa shape index (κ3) is 8.48. The number of hydrogen-bond donors (Lipinski definition) is 0. The molecule has 1 fully saturated rings. The highest BCUT2D eigenvalue weighted by atomic mass is 32.1. The van der Waals surface area contributed by atoms with Gasteiger partial charge in [0.15, 0.2) is 5.58 Å². The molecule has 8 heteroatoms. The van der Waals surface area contributed by atoms with E-state index < -0.39 is 0 Å². The van der Waals surface area contributed by atoms with Gasteiger partial charge in [-0.25, -0.2) is 4.79 Å². The lowest BCUT2D eigenvalue weighted by Gasteiger charge is -2.33. The molecular formula is C32H39N3O4S. The van der Waals surface area contributed by atoms with Gasteiger partial charge in [-0.05, 0) is 74.0 Å². The van der Waals surface area contributed by atoms with Crippen LogP contribution in [0, 0.1) is 6.92 Å². The molecule has 40 heavy (non-hydrogen) atoms.